The Morgan fingerprint density at radius 3 is 2.44 bits per heavy atom. The first-order chi connectivity index (χ1) is 17.2. The number of esters is 1. The topological polar surface area (TPSA) is 103 Å². The molecular formula is C25H23F3N4O4. The van der Waals surface area contributed by atoms with Crippen LogP contribution in [0.1, 0.15) is 53.3 Å². The smallest absolute Gasteiger partial charge is 0.434 e. The number of carbonyl (C=O) groups is 2. The van der Waals surface area contributed by atoms with E-state index in [4.69, 9.17) is 4.74 Å². The second kappa shape index (κ2) is 10.7. The Morgan fingerprint density at radius 2 is 1.83 bits per heavy atom. The van der Waals surface area contributed by atoms with Crippen molar-refractivity contribution >= 4 is 17.7 Å². The summed E-state index contributed by atoms with van der Waals surface area (Å²) in [7, 11) is 0. The molecule has 1 atom stereocenters. The van der Waals surface area contributed by atoms with E-state index in [0.29, 0.717) is 12.4 Å². The number of nitrogens with one attached hydrogen (secondary N) is 1. The van der Waals surface area contributed by atoms with Crippen molar-refractivity contribution in [3.05, 3.63) is 88.2 Å². The maximum Gasteiger partial charge on any atom is 0.434 e. The highest BCUT2D eigenvalue weighted by molar-refractivity contribution is 5.94. The van der Waals surface area contributed by atoms with Crippen molar-refractivity contribution in [2.24, 2.45) is 5.92 Å². The minimum atomic E-state index is -4.76. The Balaban J connectivity index is 1.47. The molecule has 1 amide bonds. The molecule has 1 aliphatic rings. The minimum Gasteiger partial charge on any atom is -0.457 e. The van der Waals surface area contributed by atoms with E-state index < -0.39 is 35.3 Å². The fraction of sp³-hybridized carbons (Fsp3) is 0.320. The quantitative estimate of drug-likeness (QED) is 0.461. The van der Waals surface area contributed by atoms with Gasteiger partial charge in [0, 0.05) is 12.4 Å². The number of hydrogen-bond donors (Lipinski definition) is 1. The van der Waals surface area contributed by atoms with Crippen molar-refractivity contribution in [1.82, 2.24) is 14.5 Å². The SMILES string of the molecule is O=C(OCc1ccccc1)c1ccc(NC(=O)C(CC2CCC2)n2cc(C(F)(F)F)ncc2=O)nc1. The lowest BCUT2D eigenvalue weighted by Crippen LogP contribution is -2.36. The fourth-order valence-corrected chi connectivity index (χ4v) is 3.81. The van der Waals surface area contributed by atoms with Crippen molar-refractivity contribution in [3.8, 4) is 0 Å². The first-order valence-electron chi connectivity index (χ1n) is 11.3. The third kappa shape index (κ3) is 6.15. The van der Waals surface area contributed by atoms with Gasteiger partial charge in [-0.05, 0) is 30.0 Å². The lowest BCUT2D eigenvalue weighted by atomic mass is 9.80. The van der Waals surface area contributed by atoms with E-state index >= 15 is 0 Å². The molecule has 0 aliphatic heterocycles. The number of carbonyl (C=O) groups excluding carboxylic acids is 2. The molecule has 1 N–H and O–H groups in total. The molecule has 188 valence electrons. The number of pyridine rings is 1. The van der Waals surface area contributed by atoms with E-state index in [-0.39, 0.29) is 30.3 Å². The zero-order chi connectivity index (χ0) is 25.7. The predicted octanol–water partition coefficient (Wildman–Crippen LogP) is 4.38. The van der Waals surface area contributed by atoms with Gasteiger partial charge in [-0.15, -0.1) is 0 Å². The molecule has 1 aliphatic carbocycles. The molecule has 0 radical (unpaired) electrons. The normalized spacial score (nSPS) is 14.5. The van der Waals surface area contributed by atoms with Gasteiger partial charge >= 0.3 is 12.1 Å². The molecule has 8 nitrogen and oxygen atoms in total. The van der Waals surface area contributed by atoms with Crippen molar-refractivity contribution in [2.45, 2.75) is 44.5 Å². The molecule has 1 saturated carbocycles. The van der Waals surface area contributed by atoms with Gasteiger partial charge in [0.1, 0.15) is 18.5 Å². The van der Waals surface area contributed by atoms with Crippen LogP contribution in [-0.4, -0.2) is 26.4 Å². The maximum atomic E-state index is 13.2. The van der Waals surface area contributed by atoms with Crippen LogP contribution in [0.25, 0.3) is 0 Å². The van der Waals surface area contributed by atoms with Gasteiger partial charge in [0.05, 0.1) is 11.8 Å². The molecule has 36 heavy (non-hydrogen) atoms. The summed E-state index contributed by atoms with van der Waals surface area (Å²) in [6.07, 6.45) is 0.423. The number of aromatic nitrogens is 3. The summed E-state index contributed by atoms with van der Waals surface area (Å²) < 4.78 is 45.6. The van der Waals surface area contributed by atoms with Gasteiger partial charge in [-0.2, -0.15) is 13.2 Å². The summed E-state index contributed by atoms with van der Waals surface area (Å²) in [5.41, 5.74) is -1.09. The molecule has 1 unspecified atom stereocenters. The molecular weight excluding hydrogens is 477 g/mol. The number of ether oxygens (including phenoxy) is 1. The van der Waals surface area contributed by atoms with E-state index in [2.05, 4.69) is 15.3 Å². The highest BCUT2D eigenvalue weighted by Crippen LogP contribution is 2.34. The first-order valence-corrected chi connectivity index (χ1v) is 11.3. The van der Waals surface area contributed by atoms with Crippen molar-refractivity contribution < 1.29 is 27.5 Å². The highest BCUT2D eigenvalue weighted by Gasteiger charge is 2.35. The molecule has 0 saturated heterocycles. The second-order valence-electron chi connectivity index (χ2n) is 8.55. The van der Waals surface area contributed by atoms with E-state index in [1.165, 1.54) is 18.3 Å². The summed E-state index contributed by atoms with van der Waals surface area (Å²) in [5, 5.41) is 2.54. The number of benzene rings is 1. The molecule has 2 heterocycles. The van der Waals surface area contributed by atoms with E-state index in [0.717, 1.165) is 29.4 Å². The second-order valence-corrected chi connectivity index (χ2v) is 8.55. The van der Waals surface area contributed by atoms with Crippen LogP contribution in [-0.2, 0) is 22.3 Å². The van der Waals surface area contributed by atoms with Gasteiger partial charge in [0.15, 0.2) is 5.69 Å². The zero-order valence-corrected chi connectivity index (χ0v) is 19.1. The molecule has 0 bridgehead atoms. The van der Waals surface area contributed by atoms with Crippen molar-refractivity contribution in [1.29, 1.82) is 0 Å². The lowest BCUT2D eigenvalue weighted by Gasteiger charge is -2.30. The third-order valence-corrected chi connectivity index (χ3v) is 6.00. The van der Waals surface area contributed by atoms with Gasteiger partial charge < -0.3 is 10.1 Å². The number of alkyl halides is 3. The van der Waals surface area contributed by atoms with Crippen LogP contribution in [0.5, 0.6) is 0 Å². The number of amides is 1. The van der Waals surface area contributed by atoms with E-state index in [9.17, 15) is 27.6 Å². The van der Waals surface area contributed by atoms with Crippen LogP contribution < -0.4 is 10.9 Å². The van der Waals surface area contributed by atoms with Crippen molar-refractivity contribution in [2.75, 3.05) is 5.32 Å². The Kier molecular flexibility index (Phi) is 7.47. The monoisotopic (exact) mass is 500 g/mol. The van der Waals surface area contributed by atoms with Gasteiger partial charge in [-0.3, -0.25) is 14.2 Å². The number of halogens is 3. The van der Waals surface area contributed by atoms with Crippen LogP contribution in [0.2, 0.25) is 0 Å². The van der Waals surface area contributed by atoms with Crippen LogP contribution in [0.3, 0.4) is 0 Å². The Morgan fingerprint density at radius 1 is 1.08 bits per heavy atom. The maximum absolute atomic E-state index is 13.2. The summed E-state index contributed by atoms with van der Waals surface area (Å²) in [6, 6.07) is 10.7. The average Bonchev–Trinajstić information content (AvgIpc) is 2.83. The predicted molar refractivity (Wildman–Crippen MR) is 123 cm³/mol. The minimum absolute atomic E-state index is 0.0800. The van der Waals surface area contributed by atoms with E-state index in [1.807, 2.05) is 30.3 Å². The van der Waals surface area contributed by atoms with Gasteiger partial charge in [0.25, 0.3) is 5.56 Å². The molecule has 3 aromatic rings. The van der Waals surface area contributed by atoms with Gasteiger partial charge in [0.2, 0.25) is 5.91 Å². The van der Waals surface area contributed by atoms with Gasteiger partial charge in [-0.25, -0.2) is 14.8 Å². The Labute approximate surface area is 204 Å². The first kappa shape index (κ1) is 25.1. The standard InChI is InChI=1S/C25H23F3N4O4/c26-25(27,28)20-14-32(22(33)13-29-20)19(11-16-7-4-8-16)23(34)31-21-10-9-18(12-30-21)24(35)36-15-17-5-2-1-3-6-17/h1-3,5-6,9-10,12-14,16,19H,4,7-8,11,15H2,(H,30,31,34). The Hall–Kier alpha value is -4.02. The summed E-state index contributed by atoms with van der Waals surface area (Å²) in [4.78, 5) is 44.9. The van der Waals surface area contributed by atoms with Crippen LogP contribution in [0.4, 0.5) is 19.0 Å². The van der Waals surface area contributed by atoms with Crippen LogP contribution in [0.15, 0.2) is 65.8 Å². The highest BCUT2D eigenvalue weighted by atomic mass is 19.4. The van der Waals surface area contributed by atoms with Gasteiger partial charge in [-0.1, -0.05) is 49.6 Å². The number of rotatable bonds is 8. The fourth-order valence-electron chi connectivity index (χ4n) is 3.81. The molecule has 1 aromatic carbocycles. The molecule has 4 rings (SSSR count). The van der Waals surface area contributed by atoms with E-state index in [1.54, 1.807) is 0 Å². The van der Waals surface area contributed by atoms with Crippen LogP contribution >= 0.6 is 0 Å². The molecule has 11 heteroatoms. The Bertz CT molecular complexity index is 1270. The van der Waals surface area contributed by atoms with Crippen molar-refractivity contribution in [3.63, 3.8) is 0 Å². The molecule has 1 fully saturated rings. The summed E-state index contributed by atoms with van der Waals surface area (Å²) >= 11 is 0. The lowest BCUT2D eigenvalue weighted by molar-refractivity contribution is -0.142. The van der Waals surface area contributed by atoms with Crippen LogP contribution in [0, 0.1) is 5.92 Å². The summed E-state index contributed by atoms with van der Waals surface area (Å²) in [6.45, 7) is 0.0849. The summed E-state index contributed by atoms with van der Waals surface area (Å²) in [5.74, 6) is -1.09. The number of nitrogens with zero attached hydrogens (tertiary/aromatic N) is 3. The molecule has 0 spiro atoms. The average molecular weight is 500 g/mol. The third-order valence-electron chi connectivity index (χ3n) is 6.00. The zero-order valence-electron chi connectivity index (χ0n) is 19.1. The number of anilines is 1. The number of hydrogen-bond acceptors (Lipinski definition) is 6. The molecule has 2 aromatic heterocycles. The largest absolute Gasteiger partial charge is 0.457 e.